The third-order valence-electron chi connectivity index (χ3n) is 3.32. The second-order valence-corrected chi connectivity index (χ2v) is 5.23. The molecule has 3 nitrogen and oxygen atoms in total. The van der Waals surface area contributed by atoms with Gasteiger partial charge in [0.15, 0.2) is 0 Å². The van der Waals surface area contributed by atoms with Gasteiger partial charge in [-0.3, -0.25) is 4.90 Å². The molecule has 0 bridgehead atoms. The highest BCUT2D eigenvalue weighted by Gasteiger charge is 2.12. The molecule has 0 saturated heterocycles. The molecule has 1 rings (SSSR count). The lowest BCUT2D eigenvalue weighted by Gasteiger charge is -2.25. The van der Waals surface area contributed by atoms with Crippen LogP contribution < -0.4 is 0 Å². The first-order valence-electron chi connectivity index (χ1n) is 7.40. The second kappa shape index (κ2) is 10.5. The summed E-state index contributed by atoms with van der Waals surface area (Å²) in [7, 11) is 1.68. The van der Waals surface area contributed by atoms with Gasteiger partial charge in [-0.05, 0) is 37.0 Å². The van der Waals surface area contributed by atoms with Gasteiger partial charge in [-0.15, -0.1) is 6.58 Å². The first kappa shape index (κ1) is 17.8. The van der Waals surface area contributed by atoms with Crippen LogP contribution in [0.2, 0.25) is 0 Å². The van der Waals surface area contributed by atoms with Crippen molar-refractivity contribution in [2.45, 2.75) is 31.9 Å². The first-order valence-corrected chi connectivity index (χ1v) is 7.40. The molecule has 1 unspecified atom stereocenters. The summed E-state index contributed by atoms with van der Waals surface area (Å²) < 4.78 is 18.0. The van der Waals surface area contributed by atoms with Crippen LogP contribution in [-0.2, 0) is 11.3 Å². The van der Waals surface area contributed by atoms with Gasteiger partial charge in [-0.25, -0.2) is 4.39 Å². The fourth-order valence-electron chi connectivity index (χ4n) is 2.21. The van der Waals surface area contributed by atoms with Crippen molar-refractivity contribution in [2.75, 3.05) is 26.8 Å². The molecule has 0 radical (unpaired) electrons. The number of ether oxygens (including phenoxy) is 1. The number of allylic oxidation sites excluding steroid dienone is 1. The van der Waals surface area contributed by atoms with E-state index in [1.165, 1.54) is 12.1 Å². The quantitative estimate of drug-likeness (QED) is 0.503. The molecular formula is C17H26FNO2. The van der Waals surface area contributed by atoms with Crippen LogP contribution in [0.4, 0.5) is 4.39 Å². The van der Waals surface area contributed by atoms with Crippen LogP contribution >= 0.6 is 0 Å². The predicted octanol–water partition coefficient (Wildman–Crippen LogP) is 2.99. The van der Waals surface area contributed by atoms with E-state index in [-0.39, 0.29) is 11.9 Å². The van der Waals surface area contributed by atoms with Gasteiger partial charge < -0.3 is 9.84 Å². The molecule has 21 heavy (non-hydrogen) atoms. The Morgan fingerprint density at radius 1 is 1.38 bits per heavy atom. The summed E-state index contributed by atoms with van der Waals surface area (Å²) in [5.41, 5.74) is 1.05. The zero-order valence-corrected chi connectivity index (χ0v) is 12.8. The highest BCUT2D eigenvalue weighted by molar-refractivity contribution is 5.15. The lowest BCUT2D eigenvalue weighted by Crippen LogP contribution is -2.33. The first-order chi connectivity index (χ1) is 10.2. The molecule has 1 atom stereocenters. The molecule has 0 fully saturated rings. The molecule has 1 N–H and O–H groups in total. The molecule has 0 aliphatic carbocycles. The summed E-state index contributed by atoms with van der Waals surface area (Å²) in [4.78, 5) is 2.18. The van der Waals surface area contributed by atoms with E-state index < -0.39 is 0 Å². The van der Waals surface area contributed by atoms with Crippen LogP contribution in [-0.4, -0.2) is 42.9 Å². The number of hydrogen-bond donors (Lipinski definition) is 1. The molecule has 1 aromatic carbocycles. The summed E-state index contributed by atoms with van der Waals surface area (Å²) in [6.45, 7) is 6.52. The molecule has 1 aromatic rings. The number of benzene rings is 1. The number of aliphatic hydroxyl groups excluding tert-OH is 1. The zero-order chi connectivity index (χ0) is 15.5. The summed E-state index contributed by atoms with van der Waals surface area (Å²) >= 11 is 0. The van der Waals surface area contributed by atoms with Crippen LogP contribution in [0.3, 0.4) is 0 Å². The van der Waals surface area contributed by atoms with Crippen molar-refractivity contribution in [2.24, 2.45) is 0 Å². The number of methoxy groups -OCH3 is 1. The van der Waals surface area contributed by atoms with Crippen molar-refractivity contribution >= 4 is 0 Å². The molecule has 4 heteroatoms. The zero-order valence-electron chi connectivity index (χ0n) is 12.8. The van der Waals surface area contributed by atoms with Gasteiger partial charge in [0.2, 0.25) is 0 Å². The SMILES string of the molecule is C=CCCC(O)CN(CCCOC)Cc1ccc(F)cc1. The van der Waals surface area contributed by atoms with Gasteiger partial charge in [-0.2, -0.15) is 0 Å². The van der Waals surface area contributed by atoms with E-state index in [4.69, 9.17) is 4.74 Å². The highest BCUT2D eigenvalue weighted by Crippen LogP contribution is 2.09. The van der Waals surface area contributed by atoms with E-state index in [9.17, 15) is 9.50 Å². The smallest absolute Gasteiger partial charge is 0.123 e. The van der Waals surface area contributed by atoms with E-state index in [0.29, 0.717) is 26.1 Å². The van der Waals surface area contributed by atoms with Crippen molar-refractivity contribution in [3.63, 3.8) is 0 Å². The molecule has 0 heterocycles. The van der Waals surface area contributed by atoms with Crippen molar-refractivity contribution in [3.05, 3.63) is 48.3 Å². The average Bonchev–Trinajstić information content (AvgIpc) is 2.47. The third kappa shape index (κ3) is 7.95. The largest absolute Gasteiger partial charge is 0.392 e. The van der Waals surface area contributed by atoms with Gasteiger partial charge in [0.05, 0.1) is 6.10 Å². The molecule has 0 aliphatic heterocycles. The minimum absolute atomic E-state index is 0.226. The Labute approximate surface area is 127 Å². The maximum atomic E-state index is 12.9. The van der Waals surface area contributed by atoms with E-state index in [0.717, 1.165) is 24.9 Å². The molecule has 118 valence electrons. The Morgan fingerprint density at radius 3 is 2.71 bits per heavy atom. The topological polar surface area (TPSA) is 32.7 Å². The summed E-state index contributed by atoms with van der Waals surface area (Å²) in [5.74, 6) is -0.226. The fraction of sp³-hybridized carbons (Fsp3) is 0.529. The predicted molar refractivity (Wildman–Crippen MR) is 83.6 cm³/mol. The summed E-state index contributed by atoms with van der Waals surface area (Å²) in [5, 5.41) is 10.0. The van der Waals surface area contributed by atoms with Crippen molar-refractivity contribution in [1.82, 2.24) is 4.90 Å². The van der Waals surface area contributed by atoms with Crippen molar-refractivity contribution in [3.8, 4) is 0 Å². The monoisotopic (exact) mass is 295 g/mol. The Kier molecular flexibility index (Phi) is 8.90. The minimum atomic E-state index is -0.369. The van der Waals surface area contributed by atoms with Gasteiger partial charge >= 0.3 is 0 Å². The Balaban J connectivity index is 2.53. The van der Waals surface area contributed by atoms with E-state index in [1.807, 2.05) is 6.08 Å². The highest BCUT2D eigenvalue weighted by atomic mass is 19.1. The molecule has 0 aliphatic rings. The van der Waals surface area contributed by atoms with Crippen LogP contribution in [0.25, 0.3) is 0 Å². The Hall–Kier alpha value is -1.23. The van der Waals surface area contributed by atoms with Gasteiger partial charge in [0.1, 0.15) is 5.82 Å². The summed E-state index contributed by atoms with van der Waals surface area (Å²) in [6.07, 6.45) is 3.88. The average molecular weight is 295 g/mol. The van der Waals surface area contributed by atoms with Crippen LogP contribution in [0.15, 0.2) is 36.9 Å². The maximum absolute atomic E-state index is 12.9. The fourth-order valence-corrected chi connectivity index (χ4v) is 2.21. The number of rotatable bonds is 11. The third-order valence-corrected chi connectivity index (χ3v) is 3.32. The molecule has 0 saturated carbocycles. The Bertz CT molecular complexity index is 394. The van der Waals surface area contributed by atoms with Gasteiger partial charge in [-0.1, -0.05) is 18.2 Å². The molecule has 0 spiro atoms. The normalized spacial score (nSPS) is 12.6. The Morgan fingerprint density at radius 2 is 2.10 bits per heavy atom. The lowest BCUT2D eigenvalue weighted by atomic mass is 10.1. The van der Waals surface area contributed by atoms with Crippen LogP contribution in [0.5, 0.6) is 0 Å². The van der Waals surface area contributed by atoms with Gasteiger partial charge in [0, 0.05) is 33.4 Å². The standard InChI is InChI=1S/C17H26FNO2/c1-3-4-6-17(20)14-19(11-5-12-21-2)13-15-7-9-16(18)10-8-15/h3,7-10,17,20H,1,4-6,11-14H2,2H3. The van der Waals surface area contributed by atoms with Crippen molar-refractivity contribution in [1.29, 1.82) is 0 Å². The van der Waals surface area contributed by atoms with Crippen LogP contribution in [0.1, 0.15) is 24.8 Å². The number of aliphatic hydroxyl groups is 1. The molecular weight excluding hydrogens is 269 g/mol. The molecule has 0 amide bonds. The van der Waals surface area contributed by atoms with Crippen molar-refractivity contribution < 1.29 is 14.2 Å². The number of halogens is 1. The number of hydrogen-bond acceptors (Lipinski definition) is 3. The molecule has 0 aromatic heterocycles. The second-order valence-electron chi connectivity index (χ2n) is 5.23. The van der Waals surface area contributed by atoms with Gasteiger partial charge in [0.25, 0.3) is 0 Å². The van der Waals surface area contributed by atoms with E-state index in [2.05, 4.69) is 11.5 Å². The lowest BCUT2D eigenvalue weighted by molar-refractivity contribution is 0.0941. The number of nitrogens with zero attached hydrogens (tertiary/aromatic N) is 1. The minimum Gasteiger partial charge on any atom is -0.392 e. The maximum Gasteiger partial charge on any atom is 0.123 e. The summed E-state index contributed by atoms with van der Waals surface area (Å²) in [6, 6.07) is 6.51. The van der Waals surface area contributed by atoms with E-state index >= 15 is 0 Å². The van der Waals surface area contributed by atoms with E-state index in [1.54, 1.807) is 19.2 Å². The van der Waals surface area contributed by atoms with Crippen LogP contribution in [0, 0.1) is 5.82 Å².